The molecule has 186 valence electrons. The zero-order chi connectivity index (χ0) is 25.3. The quantitative estimate of drug-likeness (QED) is 0.427. The molecule has 0 aliphatic carbocycles. The molecule has 0 radical (unpaired) electrons. The lowest BCUT2D eigenvalue weighted by Crippen LogP contribution is -2.47. The van der Waals surface area contributed by atoms with Gasteiger partial charge in [0.25, 0.3) is 0 Å². The Hall–Kier alpha value is -2.46. The van der Waals surface area contributed by atoms with E-state index in [4.69, 9.17) is 0 Å². The molecule has 0 bridgehead atoms. The van der Waals surface area contributed by atoms with Gasteiger partial charge in [0, 0.05) is 30.5 Å². The first kappa shape index (κ1) is 27.8. The predicted octanol–water partition coefficient (Wildman–Crippen LogP) is 4.08. The summed E-state index contributed by atoms with van der Waals surface area (Å²) in [5.74, 6) is -1.20. The lowest BCUT2D eigenvalue weighted by Gasteiger charge is -2.29. The second-order valence-corrected chi connectivity index (χ2v) is 10.8. The predicted molar refractivity (Wildman–Crippen MR) is 135 cm³/mol. The van der Waals surface area contributed by atoms with Gasteiger partial charge in [-0.2, -0.15) is 0 Å². The summed E-state index contributed by atoms with van der Waals surface area (Å²) in [6.45, 7) is 4.29. The van der Waals surface area contributed by atoms with Crippen molar-refractivity contribution < 1.29 is 22.4 Å². The van der Waals surface area contributed by atoms with Crippen molar-refractivity contribution in [3.63, 3.8) is 0 Å². The van der Waals surface area contributed by atoms with Gasteiger partial charge < -0.3 is 10.2 Å². The van der Waals surface area contributed by atoms with Crippen LogP contribution in [0.25, 0.3) is 0 Å². The maximum Gasteiger partial charge on any atom is 0.242 e. The molecular formula is C24H31BrFN3O4S. The molecule has 34 heavy (non-hydrogen) atoms. The SMILES string of the molecule is CCCNC(=O)[C@@H](C)N(Cc1ccc(Br)cc1)C(=O)CCCN(c1ccccc1F)S(C)(=O)=O. The number of nitrogens with zero attached hydrogens (tertiary/aromatic N) is 2. The Morgan fingerprint density at radius 2 is 1.76 bits per heavy atom. The van der Waals surface area contributed by atoms with E-state index in [1.54, 1.807) is 13.0 Å². The van der Waals surface area contributed by atoms with Crippen LogP contribution in [0.4, 0.5) is 10.1 Å². The molecule has 2 aromatic rings. The lowest BCUT2D eigenvalue weighted by atomic mass is 10.1. The summed E-state index contributed by atoms with van der Waals surface area (Å²) in [6, 6.07) is 12.4. The number of carbonyl (C=O) groups excluding carboxylic acids is 2. The molecule has 1 N–H and O–H groups in total. The Kier molecular flexibility index (Phi) is 10.5. The van der Waals surface area contributed by atoms with Gasteiger partial charge in [0.05, 0.1) is 11.9 Å². The highest BCUT2D eigenvalue weighted by Crippen LogP contribution is 2.22. The third-order valence-corrected chi connectivity index (χ3v) is 6.96. The number of hydrogen-bond acceptors (Lipinski definition) is 4. The Labute approximate surface area is 209 Å². The van der Waals surface area contributed by atoms with Crippen LogP contribution in [0.3, 0.4) is 0 Å². The van der Waals surface area contributed by atoms with Crippen molar-refractivity contribution in [1.82, 2.24) is 10.2 Å². The van der Waals surface area contributed by atoms with Crippen LogP contribution in [-0.2, 0) is 26.2 Å². The van der Waals surface area contributed by atoms with Crippen molar-refractivity contribution in [1.29, 1.82) is 0 Å². The van der Waals surface area contributed by atoms with E-state index in [-0.39, 0.29) is 43.4 Å². The highest BCUT2D eigenvalue weighted by atomic mass is 79.9. The van der Waals surface area contributed by atoms with E-state index >= 15 is 0 Å². The first-order valence-corrected chi connectivity index (χ1v) is 13.7. The molecule has 0 spiro atoms. The molecule has 2 amide bonds. The van der Waals surface area contributed by atoms with E-state index in [1.165, 1.54) is 23.1 Å². The third kappa shape index (κ3) is 8.09. The van der Waals surface area contributed by atoms with Crippen LogP contribution >= 0.6 is 15.9 Å². The summed E-state index contributed by atoms with van der Waals surface area (Å²) < 4.78 is 40.6. The van der Waals surface area contributed by atoms with E-state index < -0.39 is 21.9 Å². The number of sulfonamides is 1. The average molecular weight is 556 g/mol. The normalized spacial score (nSPS) is 12.1. The molecule has 10 heteroatoms. The van der Waals surface area contributed by atoms with Gasteiger partial charge in [-0.1, -0.05) is 47.1 Å². The fourth-order valence-electron chi connectivity index (χ4n) is 3.40. The molecule has 0 saturated carbocycles. The van der Waals surface area contributed by atoms with Gasteiger partial charge in [0.1, 0.15) is 11.9 Å². The number of para-hydroxylation sites is 1. The van der Waals surface area contributed by atoms with Gasteiger partial charge >= 0.3 is 0 Å². The fourth-order valence-corrected chi connectivity index (χ4v) is 4.63. The standard InChI is InChI=1S/C24H31BrFN3O4S/c1-4-15-27-24(31)18(2)28(17-19-11-13-20(25)14-12-19)23(30)10-7-16-29(34(3,32)33)22-9-6-5-8-21(22)26/h5-6,8-9,11-14,18H,4,7,10,15-17H2,1-3H3,(H,27,31)/t18-/m1/s1. The molecule has 0 unspecified atom stereocenters. The first-order chi connectivity index (χ1) is 16.0. The molecule has 2 rings (SSSR count). The number of amides is 2. The number of rotatable bonds is 12. The van der Waals surface area contributed by atoms with E-state index in [0.717, 1.165) is 27.0 Å². The zero-order valence-electron chi connectivity index (χ0n) is 19.6. The van der Waals surface area contributed by atoms with Crippen LogP contribution in [0.5, 0.6) is 0 Å². The number of halogens is 2. The Morgan fingerprint density at radius 3 is 2.35 bits per heavy atom. The van der Waals surface area contributed by atoms with Crippen molar-refractivity contribution in [3.05, 3.63) is 64.4 Å². The minimum absolute atomic E-state index is 0.00238. The summed E-state index contributed by atoms with van der Waals surface area (Å²) in [6.07, 6.45) is 1.94. The number of carbonyl (C=O) groups is 2. The molecule has 0 aliphatic rings. The molecule has 7 nitrogen and oxygen atoms in total. The molecule has 2 aromatic carbocycles. The van der Waals surface area contributed by atoms with Crippen molar-refractivity contribution in [3.8, 4) is 0 Å². The maximum absolute atomic E-state index is 14.2. The number of nitrogens with one attached hydrogen (secondary N) is 1. The Balaban J connectivity index is 2.15. The Morgan fingerprint density at radius 1 is 1.12 bits per heavy atom. The Bertz CT molecular complexity index is 1080. The van der Waals surface area contributed by atoms with Crippen molar-refractivity contribution >= 4 is 43.5 Å². The number of hydrogen-bond donors (Lipinski definition) is 1. The lowest BCUT2D eigenvalue weighted by molar-refractivity contribution is -0.140. The molecule has 0 heterocycles. The van der Waals surface area contributed by atoms with Crippen LogP contribution in [0.1, 0.15) is 38.7 Å². The summed E-state index contributed by atoms with van der Waals surface area (Å²) in [4.78, 5) is 27.2. The molecule has 0 aliphatic heterocycles. The largest absolute Gasteiger partial charge is 0.354 e. The highest BCUT2D eigenvalue weighted by Gasteiger charge is 2.27. The van der Waals surface area contributed by atoms with Crippen LogP contribution in [0, 0.1) is 5.82 Å². The minimum atomic E-state index is -3.75. The summed E-state index contributed by atoms with van der Waals surface area (Å²) in [7, 11) is -3.75. The van der Waals surface area contributed by atoms with Gasteiger partial charge in [-0.15, -0.1) is 0 Å². The smallest absolute Gasteiger partial charge is 0.242 e. The van der Waals surface area contributed by atoms with Crippen LogP contribution in [-0.4, -0.2) is 50.5 Å². The van der Waals surface area contributed by atoms with Gasteiger partial charge in [0.2, 0.25) is 21.8 Å². The van der Waals surface area contributed by atoms with Gasteiger partial charge in [-0.05, 0) is 49.6 Å². The fraction of sp³-hybridized carbons (Fsp3) is 0.417. The summed E-state index contributed by atoms with van der Waals surface area (Å²) in [5, 5.41) is 2.81. The molecule has 0 saturated heterocycles. The van der Waals surface area contributed by atoms with Crippen molar-refractivity contribution in [2.75, 3.05) is 23.7 Å². The maximum atomic E-state index is 14.2. The van der Waals surface area contributed by atoms with Crippen LogP contribution < -0.4 is 9.62 Å². The zero-order valence-corrected chi connectivity index (χ0v) is 22.0. The van der Waals surface area contributed by atoms with E-state index in [2.05, 4.69) is 21.2 Å². The minimum Gasteiger partial charge on any atom is -0.354 e. The van der Waals surface area contributed by atoms with E-state index in [0.29, 0.717) is 6.54 Å². The van der Waals surface area contributed by atoms with Crippen LogP contribution in [0.15, 0.2) is 53.0 Å². The molecule has 1 atom stereocenters. The summed E-state index contributed by atoms with van der Waals surface area (Å²) in [5.41, 5.74) is 0.798. The topological polar surface area (TPSA) is 86.8 Å². The van der Waals surface area contributed by atoms with Gasteiger partial charge in [-0.25, -0.2) is 12.8 Å². The molecule has 0 fully saturated rings. The van der Waals surface area contributed by atoms with Crippen molar-refractivity contribution in [2.24, 2.45) is 0 Å². The average Bonchev–Trinajstić information content (AvgIpc) is 2.79. The second-order valence-electron chi connectivity index (χ2n) is 8.01. The number of anilines is 1. The van der Waals surface area contributed by atoms with Gasteiger partial charge in [-0.3, -0.25) is 13.9 Å². The molecule has 0 aromatic heterocycles. The number of benzene rings is 2. The monoisotopic (exact) mass is 555 g/mol. The van der Waals surface area contributed by atoms with E-state index in [1.807, 2.05) is 31.2 Å². The van der Waals surface area contributed by atoms with Gasteiger partial charge in [0.15, 0.2) is 0 Å². The van der Waals surface area contributed by atoms with E-state index in [9.17, 15) is 22.4 Å². The molecular weight excluding hydrogens is 525 g/mol. The third-order valence-electron chi connectivity index (χ3n) is 5.26. The first-order valence-electron chi connectivity index (χ1n) is 11.1. The van der Waals surface area contributed by atoms with Crippen molar-refractivity contribution in [2.45, 2.75) is 45.7 Å². The van der Waals surface area contributed by atoms with Crippen LogP contribution in [0.2, 0.25) is 0 Å². The summed E-state index contributed by atoms with van der Waals surface area (Å²) >= 11 is 3.38. The second kappa shape index (κ2) is 12.9. The highest BCUT2D eigenvalue weighted by molar-refractivity contribution is 9.10.